The molecule has 0 saturated heterocycles. The van der Waals surface area contributed by atoms with Gasteiger partial charge in [-0.1, -0.05) is 80.4 Å². The number of unbranched alkanes of at least 4 members (excludes halogenated alkanes) is 2. The van der Waals surface area contributed by atoms with E-state index >= 15 is 0 Å². The molecule has 3 unspecified atom stereocenters. The summed E-state index contributed by atoms with van der Waals surface area (Å²) in [5.41, 5.74) is 2.14. The second-order valence-corrected chi connectivity index (χ2v) is 6.98. The standard InChI is InChI=1S/C23H26O3/c1-2-3-10-15-26-23(25)22-20(24)16-19(17-11-6-4-7-12-17)21(22)18-13-8-5-9-14-18/h4-9,11-14,19,21-22H,2-3,10,15-16H2,1H3. The summed E-state index contributed by atoms with van der Waals surface area (Å²) < 4.78 is 5.47. The molecule has 0 aromatic heterocycles. The third-order valence-corrected chi connectivity index (χ3v) is 5.22. The molecule has 3 heteroatoms. The van der Waals surface area contributed by atoms with Crippen LogP contribution in [0.4, 0.5) is 0 Å². The van der Waals surface area contributed by atoms with Crippen LogP contribution >= 0.6 is 0 Å². The van der Waals surface area contributed by atoms with E-state index in [-0.39, 0.29) is 23.6 Å². The average Bonchev–Trinajstić information content (AvgIpc) is 3.04. The number of esters is 1. The topological polar surface area (TPSA) is 43.4 Å². The van der Waals surface area contributed by atoms with Crippen molar-refractivity contribution in [1.29, 1.82) is 0 Å². The smallest absolute Gasteiger partial charge is 0.317 e. The Morgan fingerprint density at radius 3 is 2.19 bits per heavy atom. The zero-order valence-corrected chi connectivity index (χ0v) is 15.3. The van der Waals surface area contributed by atoms with Gasteiger partial charge in [0.15, 0.2) is 0 Å². The van der Waals surface area contributed by atoms with Crippen molar-refractivity contribution in [2.75, 3.05) is 6.61 Å². The molecular weight excluding hydrogens is 324 g/mol. The molecule has 136 valence electrons. The Morgan fingerprint density at radius 1 is 0.962 bits per heavy atom. The molecule has 1 saturated carbocycles. The summed E-state index contributed by atoms with van der Waals surface area (Å²) in [4.78, 5) is 25.5. The number of Topliss-reactive ketones (excluding diaryl/α,β-unsaturated/α-hetero) is 1. The molecule has 0 aliphatic heterocycles. The summed E-state index contributed by atoms with van der Waals surface area (Å²) in [7, 11) is 0. The highest BCUT2D eigenvalue weighted by molar-refractivity contribution is 6.02. The third-order valence-electron chi connectivity index (χ3n) is 5.22. The van der Waals surface area contributed by atoms with Crippen molar-refractivity contribution in [2.45, 2.75) is 44.4 Å². The van der Waals surface area contributed by atoms with E-state index in [2.05, 4.69) is 6.92 Å². The SMILES string of the molecule is CCCCCOC(=O)C1C(=O)CC(c2ccccc2)C1c1ccccc1. The van der Waals surface area contributed by atoms with Crippen molar-refractivity contribution >= 4 is 11.8 Å². The van der Waals surface area contributed by atoms with E-state index < -0.39 is 5.92 Å². The first-order valence-corrected chi connectivity index (χ1v) is 9.51. The van der Waals surface area contributed by atoms with E-state index in [1.165, 1.54) is 0 Å². The molecule has 1 fully saturated rings. The fraction of sp³-hybridized carbons (Fsp3) is 0.391. The van der Waals surface area contributed by atoms with E-state index in [4.69, 9.17) is 4.74 Å². The fourth-order valence-electron chi connectivity index (χ4n) is 3.92. The third kappa shape index (κ3) is 4.04. The monoisotopic (exact) mass is 350 g/mol. The highest BCUT2D eigenvalue weighted by Crippen LogP contribution is 2.48. The molecule has 0 amide bonds. The molecule has 2 aromatic rings. The quantitative estimate of drug-likeness (QED) is 0.406. The number of carbonyl (C=O) groups is 2. The molecule has 26 heavy (non-hydrogen) atoms. The number of benzene rings is 2. The van der Waals surface area contributed by atoms with Crippen molar-refractivity contribution in [3.05, 3.63) is 71.8 Å². The molecule has 0 heterocycles. The molecule has 1 aliphatic carbocycles. The lowest BCUT2D eigenvalue weighted by molar-refractivity contribution is -0.151. The lowest BCUT2D eigenvalue weighted by Crippen LogP contribution is -2.27. The summed E-state index contributed by atoms with van der Waals surface area (Å²) in [6.07, 6.45) is 3.34. The maximum absolute atomic E-state index is 12.8. The number of hydrogen-bond acceptors (Lipinski definition) is 3. The van der Waals surface area contributed by atoms with Gasteiger partial charge in [0.2, 0.25) is 0 Å². The van der Waals surface area contributed by atoms with Gasteiger partial charge in [0.1, 0.15) is 11.7 Å². The molecule has 0 bridgehead atoms. The number of carbonyl (C=O) groups excluding carboxylic acids is 2. The molecule has 3 rings (SSSR count). The Bertz CT molecular complexity index is 724. The van der Waals surface area contributed by atoms with Crippen LogP contribution in [0.3, 0.4) is 0 Å². The van der Waals surface area contributed by atoms with E-state index in [0.29, 0.717) is 13.0 Å². The van der Waals surface area contributed by atoms with Crippen molar-refractivity contribution in [3.63, 3.8) is 0 Å². The number of ketones is 1. The molecule has 0 radical (unpaired) electrons. The Labute approximate surface area is 155 Å². The van der Waals surface area contributed by atoms with Crippen molar-refractivity contribution in [2.24, 2.45) is 5.92 Å². The van der Waals surface area contributed by atoms with Gasteiger partial charge in [-0.3, -0.25) is 9.59 Å². The first-order chi connectivity index (χ1) is 12.7. The second-order valence-electron chi connectivity index (χ2n) is 6.98. The zero-order valence-electron chi connectivity index (χ0n) is 15.3. The Hall–Kier alpha value is -2.42. The van der Waals surface area contributed by atoms with Crippen molar-refractivity contribution in [1.82, 2.24) is 0 Å². The predicted molar refractivity (Wildman–Crippen MR) is 102 cm³/mol. The maximum Gasteiger partial charge on any atom is 0.317 e. The summed E-state index contributed by atoms with van der Waals surface area (Å²) in [6, 6.07) is 19.9. The van der Waals surface area contributed by atoms with Gasteiger partial charge in [-0.2, -0.15) is 0 Å². The van der Waals surface area contributed by atoms with Crippen LogP contribution in [0.1, 0.15) is 55.6 Å². The van der Waals surface area contributed by atoms with Crippen molar-refractivity contribution < 1.29 is 14.3 Å². The van der Waals surface area contributed by atoms with Gasteiger partial charge in [-0.05, 0) is 23.5 Å². The minimum absolute atomic E-state index is 0.00630. The molecule has 1 aliphatic rings. The maximum atomic E-state index is 12.8. The minimum Gasteiger partial charge on any atom is -0.465 e. The van der Waals surface area contributed by atoms with Crippen LogP contribution in [0.15, 0.2) is 60.7 Å². The lowest BCUT2D eigenvalue weighted by atomic mass is 9.80. The summed E-state index contributed by atoms with van der Waals surface area (Å²) in [6.45, 7) is 2.51. The van der Waals surface area contributed by atoms with E-state index in [0.717, 1.165) is 30.4 Å². The minimum atomic E-state index is -0.704. The first kappa shape index (κ1) is 18.4. The Kier molecular flexibility index (Phi) is 6.21. The largest absolute Gasteiger partial charge is 0.465 e. The zero-order chi connectivity index (χ0) is 18.4. The van der Waals surface area contributed by atoms with Gasteiger partial charge < -0.3 is 4.74 Å². The Balaban J connectivity index is 1.87. The molecule has 3 atom stereocenters. The fourth-order valence-corrected chi connectivity index (χ4v) is 3.92. The van der Waals surface area contributed by atoms with Gasteiger partial charge in [0.25, 0.3) is 0 Å². The van der Waals surface area contributed by atoms with Crippen LogP contribution in [-0.2, 0) is 14.3 Å². The molecule has 3 nitrogen and oxygen atoms in total. The molecule has 2 aromatic carbocycles. The van der Waals surface area contributed by atoms with Gasteiger partial charge in [-0.15, -0.1) is 0 Å². The van der Waals surface area contributed by atoms with Gasteiger partial charge in [-0.25, -0.2) is 0 Å². The lowest BCUT2D eigenvalue weighted by Gasteiger charge is -2.24. The summed E-state index contributed by atoms with van der Waals surface area (Å²) in [5.74, 6) is -1.22. The van der Waals surface area contributed by atoms with E-state index in [1.807, 2.05) is 60.7 Å². The molecular formula is C23H26O3. The number of hydrogen-bond donors (Lipinski definition) is 0. The summed E-state index contributed by atoms with van der Waals surface area (Å²) >= 11 is 0. The van der Waals surface area contributed by atoms with Crippen LogP contribution in [0, 0.1) is 5.92 Å². The normalized spacial score (nSPS) is 22.3. The van der Waals surface area contributed by atoms with Crippen LogP contribution in [0.2, 0.25) is 0 Å². The molecule has 0 N–H and O–H groups in total. The summed E-state index contributed by atoms with van der Waals surface area (Å²) in [5, 5.41) is 0. The number of rotatable bonds is 7. The number of ether oxygens (including phenoxy) is 1. The highest BCUT2D eigenvalue weighted by atomic mass is 16.5. The van der Waals surface area contributed by atoms with Gasteiger partial charge in [0.05, 0.1) is 6.61 Å². The van der Waals surface area contributed by atoms with E-state index in [9.17, 15) is 9.59 Å². The first-order valence-electron chi connectivity index (χ1n) is 9.51. The van der Waals surface area contributed by atoms with Crippen LogP contribution < -0.4 is 0 Å². The molecule has 0 spiro atoms. The van der Waals surface area contributed by atoms with E-state index in [1.54, 1.807) is 0 Å². The average molecular weight is 350 g/mol. The van der Waals surface area contributed by atoms with Gasteiger partial charge in [0, 0.05) is 12.3 Å². The van der Waals surface area contributed by atoms with Crippen molar-refractivity contribution in [3.8, 4) is 0 Å². The second kappa shape index (κ2) is 8.79. The van der Waals surface area contributed by atoms with Crippen LogP contribution in [0.25, 0.3) is 0 Å². The van der Waals surface area contributed by atoms with Crippen LogP contribution in [-0.4, -0.2) is 18.4 Å². The highest BCUT2D eigenvalue weighted by Gasteiger charge is 2.48. The van der Waals surface area contributed by atoms with Gasteiger partial charge >= 0.3 is 5.97 Å². The predicted octanol–water partition coefficient (Wildman–Crippen LogP) is 4.88. The van der Waals surface area contributed by atoms with Crippen LogP contribution in [0.5, 0.6) is 0 Å². The Morgan fingerprint density at radius 2 is 1.58 bits per heavy atom.